The number of benzene rings is 3. The van der Waals surface area contributed by atoms with Crippen molar-refractivity contribution in [3.8, 4) is 11.6 Å². The summed E-state index contributed by atoms with van der Waals surface area (Å²) in [4.78, 5) is 16.8. The van der Waals surface area contributed by atoms with Crippen molar-refractivity contribution in [1.29, 1.82) is 5.41 Å². The fourth-order valence-electron chi connectivity index (χ4n) is 3.03. The Hall–Kier alpha value is -4.33. The van der Waals surface area contributed by atoms with Gasteiger partial charge in [-0.05, 0) is 23.6 Å². The second-order valence-electron chi connectivity index (χ2n) is 6.26. The minimum Gasteiger partial charge on any atom is -0.435 e. The Kier molecular flexibility index (Phi) is 3.87. The molecule has 0 unspecified atom stereocenters. The summed E-state index contributed by atoms with van der Waals surface area (Å²) in [5.74, 6) is -0.397. The number of aromatic nitrogens is 3. The molecule has 0 aliphatic rings. The molecule has 0 saturated carbocycles. The molecule has 29 heavy (non-hydrogen) atoms. The van der Waals surface area contributed by atoms with Crippen molar-refractivity contribution >= 4 is 33.8 Å². The highest BCUT2D eigenvalue weighted by Crippen LogP contribution is 2.25. The summed E-state index contributed by atoms with van der Waals surface area (Å²) in [5.41, 5.74) is 1.41. The molecule has 2 aromatic heterocycles. The standard InChI is InChI=1S/C21H13N5O3/c22-18-17(23-16-14-9-5-4-6-12(14)10-11-15(16)28-18)20-25-26-21(29-20)24-19(27)13-7-2-1-3-8-13/h1-11,22H,(H,24,26,27). The first kappa shape index (κ1) is 16.8. The van der Waals surface area contributed by atoms with Crippen molar-refractivity contribution < 1.29 is 13.6 Å². The molecule has 2 N–H and O–H groups in total. The van der Waals surface area contributed by atoms with Crippen LogP contribution in [0.1, 0.15) is 10.4 Å². The Morgan fingerprint density at radius 3 is 2.55 bits per heavy atom. The van der Waals surface area contributed by atoms with Gasteiger partial charge in [0.05, 0.1) is 0 Å². The van der Waals surface area contributed by atoms with Gasteiger partial charge in [-0.1, -0.05) is 53.6 Å². The van der Waals surface area contributed by atoms with Crippen LogP contribution in [0.4, 0.5) is 6.01 Å². The van der Waals surface area contributed by atoms with Gasteiger partial charge in [-0.25, -0.2) is 4.98 Å². The SMILES string of the molecule is N=c1oc2ccc3ccccc3c2nc1-c1nnc(NC(=O)c2ccccc2)o1. The van der Waals surface area contributed by atoms with Gasteiger partial charge in [-0.2, -0.15) is 0 Å². The average Bonchev–Trinajstić information content (AvgIpc) is 3.22. The zero-order valence-corrected chi connectivity index (χ0v) is 14.9. The summed E-state index contributed by atoms with van der Waals surface area (Å²) < 4.78 is 11.1. The van der Waals surface area contributed by atoms with Crippen LogP contribution in [0.3, 0.4) is 0 Å². The van der Waals surface area contributed by atoms with Crippen LogP contribution < -0.4 is 10.9 Å². The molecule has 1 amide bonds. The zero-order valence-electron chi connectivity index (χ0n) is 14.9. The number of nitrogens with zero attached hydrogens (tertiary/aromatic N) is 3. The molecular weight excluding hydrogens is 370 g/mol. The van der Waals surface area contributed by atoms with Gasteiger partial charge in [0.15, 0.2) is 11.3 Å². The van der Waals surface area contributed by atoms with Gasteiger partial charge in [0.2, 0.25) is 5.55 Å². The van der Waals surface area contributed by atoms with Crippen molar-refractivity contribution in [3.05, 3.63) is 77.8 Å². The topological polar surface area (TPSA) is 118 Å². The maximum atomic E-state index is 12.2. The van der Waals surface area contributed by atoms with Crippen LogP contribution in [0.15, 0.2) is 75.6 Å². The van der Waals surface area contributed by atoms with Gasteiger partial charge in [0.1, 0.15) is 5.52 Å². The molecule has 0 bridgehead atoms. The van der Waals surface area contributed by atoms with E-state index in [1.807, 2.05) is 36.4 Å². The first-order valence-corrected chi connectivity index (χ1v) is 8.76. The van der Waals surface area contributed by atoms with Crippen LogP contribution in [0, 0.1) is 5.41 Å². The highest BCUT2D eigenvalue weighted by atomic mass is 16.4. The van der Waals surface area contributed by atoms with E-state index in [-0.39, 0.29) is 29.1 Å². The minimum absolute atomic E-state index is 0.0167. The number of carbonyl (C=O) groups is 1. The highest BCUT2D eigenvalue weighted by Gasteiger charge is 2.17. The van der Waals surface area contributed by atoms with Crippen molar-refractivity contribution in [2.75, 3.05) is 5.32 Å². The third-order valence-electron chi connectivity index (χ3n) is 4.40. The first-order valence-electron chi connectivity index (χ1n) is 8.76. The summed E-state index contributed by atoms with van der Waals surface area (Å²) in [6.07, 6.45) is 0. The van der Waals surface area contributed by atoms with Gasteiger partial charge in [0, 0.05) is 10.9 Å². The van der Waals surface area contributed by atoms with Crippen molar-refractivity contribution in [2.24, 2.45) is 0 Å². The second kappa shape index (κ2) is 6.68. The molecular formula is C21H13N5O3. The largest absolute Gasteiger partial charge is 0.435 e. The first-order chi connectivity index (χ1) is 14.2. The second-order valence-corrected chi connectivity index (χ2v) is 6.26. The maximum absolute atomic E-state index is 12.2. The molecule has 140 valence electrons. The van der Waals surface area contributed by atoms with Gasteiger partial charge in [0.25, 0.3) is 11.8 Å². The molecule has 0 spiro atoms. The lowest BCUT2D eigenvalue weighted by Gasteiger charge is -2.03. The molecule has 0 aliphatic carbocycles. The molecule has 3 aromatic carbocycles. The molecule has 0 saturated heterocycles. The lowest BCUT2D eigenvalue weighted by molar-refractivity contribution is 0.102. The van der Waals surface area contributed by atoms with E-state index in [0.717, 1.165) is 10.8 Å². The van der Waals surface area contributed by atoms with Crippen LogP contribution in [0.5, 0.6) is 0 Å². The summed E-state index contributed by atoms with van der Waals surface area (Å²) >= 11 is 0. The summed E-state index contributed by atoms with van der Waals surface area (Å²) in [5, 5.41) is 20.3. The molecule has 5 aromatic rings. The van der Waals surface area contributed by atoms with Crippen LogP contribution in [-0.4, -0.2) is 21.1 Å². The number of anilines is 1. The maximum Gasteiger partial charge on any atom is 0.322 e. The van der Waals surface area contributed by atoms with Gasteiger partial charge >= 0.3 is 6.01 Å². The van der Waals surface area contributed by atoms with E-state index in [1.165, 1.54) is 0 Å². The fraction of sp³-hybridized carbons (Fsp3) is 0. The number of fused-ring (bicyclic) bond motifs is 3. The van der Waals surface area contributed by atoms with Crippen LogP contribution in [0.2, 0.25) is 0 Å². The average molecular weight is 383 g/mol. The molecule has 0 aliphatic heterocycles. The Balaban J connectivity index is 1.54. The van der Waals surface area contributed by atoms with Gasteiger partial charge < -0.3 is 8.83 Å². The lowest BCUT2D eigenvalue weighted by atomic mass is 10.1. The Morgan fingerprint density at radius 2 is 1.69 bits per heavy atom. The third-order valence-corrected chi connectivity index (χ3v) is 4.40. The van der Waals surface area contributed by atoms with Crippen molar-refractivity contribution in [2.45, 2.75) is 0 Å². The number of hydrogen-bond donors (Lipinski definition) is 2. The quantitative estimate of drug-likeness (QED) is 0.458. The van der Waals surface area contributed by atoms with Crippen molar-refractivity contribution in [3.63, 3.8) is 0 Å². The van der Waals surface area contributed by atoms with Gasteiger partial charge in [-0.3, -0.25) is 15.5 Å². The molecule has 5 rings (SSSR count). The molecule has 0 radical (unpaired) electrons. The summed E-state index contributed by atoms with van der Waals surface area (Å²) in [6.45, 7) is 0. The predicted octanol–water partition coefficient (Wildman–Crippen LogP) is 3.76. The normalized spacial score (nSPS) is 11.0. The van der Waals surface area contributed by atoms with Crippen LogP contribution >= 0.6 is 0 Å². The van der Waals surface area contributed by atoms with E-state index in [1.54, 1.807) is 30.3 Å². The van der Waals surface area contributed by atoms with E-state index >= 15 is 0 Å². The monoisotopic (exact) mass is 383 g/mol. The molecule has 0 fully saturated rings. The summed E-state index contributed by atoms with van der Waals surface area (Å²) in [6, 6.07) is 20.0. The van der Waals surface area contributed by atoms with E-state index in [4.69, 9.17) is 14.2 Å². The number of carbonyl (C=O) groups excluding carboxylic acids is 1. The number of hydrogen-bond acceptors (Lipinski definition) is 7. The van der Waals surface area contributed by atoms with Crippen molar-refractivity contribution in [1.82, 2.24) is 15.2 Å². The van der Waals surface area contributed by atoms with Crippen LogP contribution in [-0.2, 0) is 0 Å². The Bertz CT molecular complexity index is 1420. The molecule has 8 heteroatoms. The number of amides is 1. The highest BCUT2D eigenvalue weighted by molar-refractivity contribution is 6.04. The molecule has 0 atom stereocenters. The van der Waals surface area contributed by atoms with E-state index in [0.29, 0.717) is 16.7 Å². The molecule has 2 heterocycles. The third kappa shape index (κ3) is 3.02. The van der Waals surface area contributed by atoms with Crippen LogP contribution in [0.25, 0.3) is 33.5 Å². The number of nitrogens with one attached hydrogen (secondary N) is 2. The number of rotatable bonds is 3. The van der Waals surface area contributed by atoms with E-state index in [9.17, 15) is 4.79 Å². The summed E-state index contributed by atoms with van der Waals surface area (Å²) in [7, 11) is 0. The Morgan fingerprint density at radius 1 is 0.897 bits per heavy atom. The van der Waals surface area contributed by atoms with E-state index < -0.39 is 0 Å². The van der Waals surface area contributed by atoms with Gasteiger partial charge in [-0.15, -0.1) is 5.10 Å². The van der Waals surface area contributed by atoms with E-state index in [2.05, 4.69) is 20.5 Å². The Labute approximate surface area is 163 Å². The smallest absolute Gasteiger partial charge is 0.322 e. The molecule has 8 nitrogen and oxygen atoms in total. The minimum atomic E-state index is -0.381. The predicted molar refractivity (Wildman–Crippen MR) is 105 cm³/mol. The zero-order chi connectivity index (χ0) is 19.8. The fourth-order valence-corrected chi connectivity index (χ4v) is 3.03. The lowest BCUT2D eigenvalue weighted by Crippen LogP contribution is -2.11.